The molecule has 1 aromatic carbocycles. The van der Waals surface area contributed by atoms with Gasteiger partial charge in [-0.3, -0.25) is 0 Å². The van der Waals surface area contributed by atoms with Crippen molar-refractivity contribution in [3.63, 3.8) is 0 Å². The number of rotatable bonds is 3. The van der Waals surface area contributed by atoms with Gasteiger partial charge in [-0.05, 0) is 0 Å². The van der Waals surface area contributed by atoms with Crippen LogP contribution in [0.4, 0.5) is 0 Å². The van der Waals surface area contributed by atoms with E-state index in [1.54, 1.807) is 12.5 Å². The quantitative estimate of drug-likeness (QED) is 0.870. The Hall–Kier alpha value is -2.20. The van der Waals surface area contributed by atoms with Gasteiger partial charge >= 0.3 is 0 Å². The number of aromatic nitrogens is 2. The van der Waals surface area contributed by atoms with Crippen molar-refractivity contribution in [2.45, 2.75) is 31.1 Å². The number of nitriles is 1. The van der Waals surface area contributed by atoms with Crippen LogP contribution in [0.15, 0.2) is 49.1 Å². The van der Waals surface area contributed by atoms with Crippen LogP contribution in [0.5, 0.6) is 0 Å². The first-order valence-electron chi connectivity index (χ1n) is 7.68. The molecule has 23 heavy (non-hydrogen) atoms. The molecule has 2 aliphatic heterocycles. The van der Waals surface area contributed by atoms with E-state index in [1.807, 2.05) is 41.1 Å². The molecule has 2 aromatic rings. The number of fused-ring (bicyclic) bond motifs is 1. The highest BCUT2D eigenvalue weighted by molar-refractivity contribution is 5.16. The summed E-state index contributed by atoms with van der Waals surface area (Å²) in [4.78, 5) is 4.07. The van der Waals surface area contributed by atoms with Crippen molar-refractivity contribution in [1.29, 1.82) is 5.26 Å². The second-order valence-corrected chi connectivity index (χ2v) is 5.78. The van der Waals surface area contributed by atoms with Crippen molar-refractivity contribution in [2.75, 3.05) is 6.61 Å². The fourth-order valence-corrected chi connectivity index (χ4v) is 3.30. The van der Waals surface area contributed by atoms with Crippen LogP contribution in [0.25, 0.3) is 0 Å². The maximum atomic E-state index is 9.20. The SMILES string of the molecule is N#CC[C@H]1[C@@H]2OC(c3ccccc3)OC[C@H]2O[C@H]1n1ccnc1. The van der Waals surface area contributed by atoms with Crippen LogP contribution in [0.3, 0.4) is 0 Å². The molecule has 1 unspecified atom stereocenters. The predicted molar refractivity (Wildman–Crippen MR) is 79.9 cm³/mol. The minimum Gasteiger partial charge on any atom is -0.349 e. The second kappa shape index (κ2) is 6.13. The third-order valence-electron chi connectivity index (χ3n) is 4.38. The van der Waals surface area contributed by atoms with Crippen LogP contribution in [0.2, 0.25) is 0 Å². The number of ether oxygens (including phenoxy) is 3. The zero-order valence-corrected chi connectivity index (χ0v) is 12.5. The van der Waals surface area contributed by atoms with E-state index in [0.717, 1.165) is 5.56 Å². The van der Waals surface area contributed by atoms with E-state index in [1.165, 1.54) is 0 Å². The number of hydrogen-bond acceptors (Lipinski definition) is 5. The van der Waals surface area contributed by atoms with Crippen LogP contribution in [-0.4, -0.2) is 28.4 Å². The molecule has 1 aromatic heterocycles. The maximum absolute atomic E-state index is 9.20. The zero-order valence-electron chi connectivity index (χ0n) is 12.5. The van der Waals surface area contributed by atoms with Crippen molar-refractivity contribution in [1.82, 2.24) is 9.55 Å². The van der Waals surface area contributed by atoms with Gasteiger partial charge in [-0.15, -0.1) is 0 Å². The van der Waals surface area contributed by atoms with E-state index in [4.69, 9.17) is 14.2 Å². The smallest absolute Gasteiger partial charge is 0.184 e. The van der Waals surface area contributed by atoms with Gasteiger partial charge in [-0.25, -0.2) is 4.98 Å². The molecule has 5 atom stereocenters. The molecule has 0 aliphatic carbocycles. The van der Waals surface area contributed by atoms with Gasteiger partial charge < -0.3 is 18.8 Å². The summed E-state index contributed by atoms with van der Waals surface area (Å²) in [5, 5.41) is 9.20. The third kappa shape index (κ3) is 2.63. The first-order chi connectivity index (χ1) is 11.4. The normalized spacial score (nSPS) is 33.1. The first kappa shape index (κ1) is 14.4. The highest BCUT2D eigenvalue weighted by Gasteiger charge is 2.49. The van der Waals surface area contributed by atoms with E-state index in [9.17, 15) is 5.26 Å². The molecule has 6 heteroatoms. The summed E-state index contributed by atoms with van der Waals surface area (Å²) in [7, 11) is 0. The number of hydrogen-bond donors (Lipinski definition) is 0. The summed E-state index contributed by atoms with van der Waals surface area (Å²) in [6.07, 6.45) is 4.64. The molecular formula is C17H17N3O3. The molecular weight excluding hydrogens is 294 g/mol. The Morgan fingerprint density at radius 2 is 2.13 bits per heavy atom. The molecule has 0 saturated carbocycles. The van der Waals surface area contributed by atoms with E-state index in [-0.39, 0.29) is 24.4 Å². The molecule has 2 saturated heterocycles. The molecule has 0 N–H and O–H groups in total. The summed E-state index contributed by atoms with van der Waals surface area (Å²) in [6.45, 7) is 0.456. The van der Waals surface area contributed by atoms with E-state index < -0.39 is 6.29 Å². The minimum absolute atomic E-state index is 0.0469. The Morgan fingerprint density at radius 1 is 1.26 bits per heavy atom. The van der Waals surface area contributed by atoms with Gasteiger partial charge in [0.2, 0.25) is 0 Å². The lowest BCUT2D eigenvalue weighted by molar-refractivity contribution is -0.249. The topological polar surface area (TPSA) is 69.3 Å². The number of nitrogens with zero attached hydrogens (tertiary/aromatic N) is 3. The fourth-order valence-electron chi connectivity index (χ4n) is 3.30. The summed E-state index contributed by atoms with van der Waals surface area (Å²) in [5.41, 5.74) is 0.979. The Bertz CT molecular complexity index is 683. The Balaban J connectivity index is 1.58. The molecule has 3 heterocycles. The van der Waals surface area contributed by atoms with Gasteiger partial charge in [0, 0.05) is 30.3 Å². The minimum atomic E-state index is -0.413. The highest BCUT2D eigenvalue weighted by Crippen LogP contribution is 2.43. The summed E-state index contributed by atoms with van der Waals surface area (Å²) < 4.78 is 19.9. The van der Waals surface area contributed by atoms with E-state index in [2.05, 4.69) is 11.1 Å². The number of imidazole rings is 1. The van der Waals surface area contributed by atoms with Gasteiger partial charge in [0.1, 0.15) is 12.3 Å². The van der Waals surface area contributed by atoms with Crippen molar-refractivity contribution in [3.8, 4) is 6.07 Å². The lowest BCUT2D eigenvalue weighted by atomic mass is 9.95. The molecule has 0 bridgehead atoms. The molecule has 0 amide bonds. The van der Waals surface area contributed by atoms with Gasteiger partial charge in [0.05, 0.1) is 25.1 Å². The molecule has 2 fully saturated rings. The molecule has 4 rings (SSSR count). The average Bonchev–Trinajstić information content (AvgIpc) is 3.24. The van der Waals surface area contributed by atoms with Gasteiger partial charge in [-0.2, -0.15) is 5.26 Å². The van der Waals surface area contributed by atoms with Gasteiger partial charge in [0.25, 0.3) is 0 Å². The molecule has 2 aliphatic rings. The highest BCUT2D eigenvalue weighted by atomic mass is 16.7. The van der Waals surface area contributed by atoms with Crippen LogP contribution < -0.4 is 0 Å². The van der Waals surface area contributed by atoms with E-state index >= 15 is 0 Å². The lowest BCUT2D eigenvalue weighted by Crippen LogP contribution is -2.40. The summed E-state index contributed by atoms with van der Waals surface area (Å²) in [5.74, 6) is -0.0469. The van der Waals surface area contributed by atoms with E-state index in [0.29, 0.717) is 13.0 Å². The van der Waals surface area contributed by atoms with Gasteiger partial charge in [-0.1, -0.05) is 30.3 Å². The van der Waals surface area contributed by atoms with Crippen molar-refractivity contribution in [3.05, 3.63) is 54.6 Å². The Morgan fingerprint density at radius 3 is 2.87 bits per heavy atom. The summed E-state index contributed by atoms with van der Waals surface area (Å²) in [6, 6.07) is 12.1. The zero-order chi connectivity index (χ0) is 15.6. The fraction of sp³-hybridized carbons (Fsp3) is 0.412. The van der Waals surface area contributed by atoms with Crippen LogP contribution >= 0.6 is 0 Å². The Kier molecular flexibility index (Phi) is 3.83. The molecule has 0 radical (unpaired) electrons. The molecule has 6 nitrogen and oxygen atoms in total. The first-order valence-corrected chi connectivity index (χ1v) is 7.68. The average molecular weight is 311 g/mol. The van der Waals surface area contributed by atoms with Crippen LogP contribution in [0.1, 0.15) is 24.5 Å². The van der Waals surface area contributed by atoms with Crippen molar-refractivity contribution >= 4 is 0 Å². The van der Waals surface area contributed by atoms with Gasteiger partial charge in [0.15, 0.2) is 6.29 Å². The largest absolute Gasteiger partial charge is 0.349 e. The molecule has 118 valence electrons. The van der Waals surface area contributed by atoms with Crippen LogP contribution in [-0.2, 0) is 14.2 Å². The monoisotopic (exact) mass is 311 g/mol. The van der Waals surface area contributed by atoms with Crippen LogP contribution in [0, 0.1) is 17.2 Å². The third-order valence-corrected chi connectivity index (χ3v) is 4.38. The lowest BCUT2D eigenvalue weighted by Gasteiger charge is -2.33. The summed E-state index contributed by atoms with van der Waals surface area (Å²) >= 11 is 0. The van der Waals surface area contributed by atoms with Crippen molar-refractivity contribution in [2.24, 2.45) is 5.92 Å². The van der Waals surface area contributed by atoms with Crippen molar-refractivity contribution < 1.29 is 14.2 Å². The Labute approximate surface area is 134 Å². The predicted octanol–water partition coefficient (Wildman–Crippen LogP) is 2.42. The molecule has 0 spiro atoms. The number of benzene rings is 1. The second-order valence-electron chi connectivity index (χ2n) is 5.78. The maximum Gasteiger partial charge on any atom is 0.184 e. The standard InChI is InChI=1S/C17H17N3O3/c18-7-6-13-15-14(22-16(13)20-9-8-19-11-20)10-21-17(23-15)12-4-2-1-3-5-12/h1-5,8-9,11,13-17H,6,10H2/t13-,14+,15-,16+,17?/m0/s1.